The van der Waals surface area contributed by atoms with Crippen molar-refractivity contribution in [3.05, 3.63) is 29.8 Å². The molecule has 1 saturated carbocycles. The number of hydrogen-bond donors (Lipinski definition) is 2. The van der Waals surface area contributed by atoms with Crippen molar-refractivity contribution in [2.75, 3.05) is 5.32 Å². The van der Waals surface area contributed by atoms with E-state index in [0.29, 0.717) is 5.69 Å². The largest absolute Gasteiger partial charge is 0.378 e. The van der Waals surface area contributed by atoms with E-state index < -0.39 is 11.6 Å². The molecule has 0 saturated heterocycles. The highest BCUT2D eigenvalue weighted by molar-refractivity contribution is 5.46. The van der Waals surface area contributed by atoms with Gasteiger partial charge in [0.05, 0.1) is 5.69 Å². The van der Waals surface area contributed by atoms with Crippen molar-refractivity contribution >= 4 is 5.69 Å². The van der Waals surface area contributed by atoms with E-state index in [1.54, 1.807) is 0 Å². The predicted molar refractivity (Wildman–Crippen MR) is 60.2 cm³/mol. The van der Waals surface area contributed by atoms with Gasteiger partial charge in [0.2, 0.25) is 0 Å². The molecule has 1 aliphatic rings. The first-order valence-electron chi connectivity index (χ1n) is 5.64. The quantitative estimate of drug-likeness (QED) is 0.813. The van der Waals surface area contributed by atoms with Gasteiger partial charge in [-0.15, -0.1) is 0 Å². The molecule has 4 heteroatoms. The molecule has 0 unspecified atom stereocenters. The van der Waals surface area contributed by atoms with Gasteiger partial charge >= 0.3 is 0 Å². The Morgan fingerprint density at radius 2 is 1.94 bits per heavy atom. The summed E-state index contributed by atoms with van der Waals surface area (Å²) in [6.07, 6.45) is 4.14. The number of benzene rings is 1. The minimum Gasteiger partial charge on any atom is -0.378 e. The molecule has 0 aliphatic heterocycles. The second kappa shape index (κ2) is 4.78. The van der Waals surface area contributed by atoms with Gasteiger partial charge in [-0.2, -0.15) is 0 Å². The summed E-state index contributed by atoms with van der Waals surface area (Å²) in [4.78, 5) is 0. The molecule has 88 valence electrons. The predicted octanol–water partition coefficient (Wildman–Crippen LogP) is 2.65. The fourth-order valence-electron chi connectivity index (χ4n) is 2.15. The highest BCUT2D eigenvalue weighted by atomic mass is 19.1. The van der Waals surface area contributed by atoms with Gasteiger partial charge in [-0.3, -0.25) is 0 Å². The molecule has 2 nitrogen and oxygen atoms in total. The summed E-state index contributed by atoms with van der Waals surface area (Å²) in [5, 5.41) is 3.06. The molecule has 2 rings (SSSR count). The van der Waals surface area contributed by atoms with Crippen LogP contribution in [0.25, 0.3) is 0 Å². The standard InChI is InChI=1S/C12H16F2N2/c13-8-5-6-11(9(14)7-8)16-12-4-2-1-3-10(12)15/h5-7,10,12,16H,1-4,15H2/t10-,12-/m1/s1. The molecule has 0 bridgehead atoms. The van der Waals surface area contributed by atoms with Gasteiger partial charge in [0.25, 0.3) is 0 Å². The molecule has 0 amide bonds. The van der Waals surface area contributed by atoms with Crippen LogP contribution in [0.5, 0.6) is 0 Å². The van der Waals surface area contributed by atoms with E-state index in [9.17, 15) is 8.78 Å². The van der Waals surface area contributed by atoms with Gasteiger partial charge in [-0.05, 0) is 25.0 Å². The Morgan fingerprint density at radius 1 is 1.19 bits per heavy atom. The minimum absolute atomic E-state index is 0.0539. The zero-order valence-corrected chi connectivity index (χ0v) is 9.05. The van der Waals surface area contributed by atoms with E-state index >= 15 is 0 Å². The SMILES string of the molecule is N[C@@H]1CCCC[C@H]1Nc1ccc(F)cc1F. The lowest BCUT2D eigenvalue weighted by Crippen LogP contribution is -2.42. The summed E-state index contributed by atoms with van der Waals surface area (Å²) in [7, 11) is 0. The fourth-order valence-corrected chi connectivity index (χ4v) is 2.15. The number of anilines is 1. The number of nitrogens with two attached hydrogens (primary N) is 1. The van der Waals surface area contributed by atoms with Crippen molar-refractivity contribution < 1.29 is 8.78 Å². The molecule has 0 spiro atoms. The Morgan fingerprint density at radius 3 is 2.62 bits per heavy atom. The molecule has 0 radical (unpaired) electrons. The third-order valence-electron chi connectivity index (χ3n) is 3.09. The van der Waals surface area contributed by atoms with E-state index in [2.05, 4.69) is 5.32 Å². The highest BCUT2D eigenvalue weighted by Crippen LogP contribution is 2.23. The minimum atomic E-state index is -0.559. The van der Waals surface area contributed by atoms with Gasteiger partial charge in [-0.25, -0.2) is 8.78 Å². The lowest BCUT2D eigenvalue weighted by Gasteiger charge is -2.30. The molecule has 1 aromatic rings. The summed E-state index contributed by atoms with van der Waals surface area (Å²) in [5.74, 6) is -1.12. The van der Waals surface area contributed by atoms with Crippen LogP contribution in [-0.2, 0) is 0 Å². The van der Waals surface area contributed by atoms with Gasteiger partial charge in [-0.1, -0.05) is 12.8 Å². The summed E-state index contributed by atoms with van der Waals surface area (Å²) in [6, 6.07) is 3.70. The number of hydrogen-bond acceptors (Lipinski definition) is 2. The molecule has 0 heterocycles. The Labute approximate surface area is 93.8 Å². The summed E-state index contributed by atoms with van der Waals surface area (Å²) in [5.41, 5.74) is 6.28. The molecule has 1 aromatic carbocycles. The van der Waals surface area contributed by atoms with Gasteiger partial charge in [0.15, 0.2) is 0 Å². The van der Waals surface area contributed by atoms with Crippen LogP contribution in [0.3, 0.4) is 0 Å². The lowest BCUT2D eigenvalue weighted by atomic mass is 9.91. The molecule has 2 atom stereocenters. The summed E-state index contributed by atoms with van der Waals surface area (Å²) in [6.45, 7) is 0. The second-order valence-electron chi connectivity index (χ2n) is 4.32. The molecular formula is C12H16F2N2. The average molecular weight is 226 g/mol. The van der Waals surface area contributed by atoms with Crippen LogP contribution in [0.15, 0.2) is 18.2 Å². The maximum atomic E-state index is 13.4. The van der Waals surface area contributed by atoms with Crippen molar-refractivity contribution in [3.63, 3.8) is 0 Å². The van der Waals surface area contributed by atoms with Crippen LogP contribution in [0.4, 0.5) is 14.5 Å². The Balaban J connectivity index is 2.07. The Kier molecular flexibility index (Phi) is 3.39. The monoisotopic (exact) mass is 226 g/mol. The van der Waals surface area contributed by atoms with Crippen LogP contribution in [0.2, 0.25) is 0 Å². The average Bonchev–Trinajstić information content (AvgIpc) is 2.25. The Hall–Kier alpha value is -1.16. The van der Waals surface area contributed by atoms with E-state index in [-0.39, 0.29) is 12.1 Å². The molecule has 16 heavy (non-hydrogen) atoms. The van der Waals surface area contributed by atoms with Crippen molar-refractivity contribution in [2.45, 2.75) is 37.8 Å². The van der Waals surface area contributed by atoms with E-state index in [4.69, 9.17) is 5.73 Å². The normalized spacial score (nSPS) is 25.4. The third-order valence-corrected chi connectivity index (χ3v) is 3.09. The Bertz CT molecular complexity index is 368. The maximum Gasteiger partial charge on any atom is 0.149 e. The van der Waals surface area contributed by atoms with Crippen molar-refractivity contribution in [2.24, 2.45) is 5.73 Å². The van der Waals surface area contributed by atoms with Crippen molar-refractivity contribution in [1.82, 2.24) is 0 Å². The van der Waals surface area contributed by atoms with Crippen LogP contribution >= 0.6 is 0 Å². The summed E-state index contributed by atoms with van der Waals surface area (Å²) < 4.78 is 26.1. The molecule has 0 aromatic heterocycles. The van der Waals surface area contributed by atoms with Gasteiger partial charge in [0.1, 0.15) is 11.6 Å². The first-order chi connectivity index (χ1) is 7.66. The lowest BCUT2D eigenvalue weighted by molar-refractivity contribution is 0.402. The van der Waals surface area contributed by atoms with E-state index in [0.717, 1.165) is 31.7 Å². The number of halogens is 2. The smallest absolute Gasteiger partial charge is 0.149 e. The molecule has 3 N–H and O–H groups in total. The van der Waals surface area contributed by atoms with Crippen molar-refractivity contribution in [1.29, 1.82) is 0 Å². The number of rotatable bonds is 2. The first-order valence-corrected chi connectivity index (χ1v) is 5.64. The summed E-state index contributed by atoms with van der Waals surface area (Å²) >= 11 is 0. The van der Waals surface area contributed by atoms with Crippen LogP contribution in [0, 0.1) is 11.6 Å². The highest BCUT2D eigenvalue weighted by Gasteiger charge is 2.22. The molecule has 1 aliphatic carbocycles. The third kappa shape index (κ3) is 2.50. The fraction of sp³-hybridized carbons (Fsp3) is 0.500. The van der Waals surface area contributed by atoms with E-state index in [1.807, 2.05) is 0 Å². The van der Waals surface area contributed by atoms with E-state index in [1.165, 1.54) is 12.1 Å². The second-order valence-corrected chi connectivity index (χ2v) is 4.32. The van der Waals surface area contributed by atoms with Crippen LogP contribution in [-0.4, -0.2) is 12.1 Å². The van der Waals surface area contributed by atoms with Gasteiger partial charge in [0, 0.05) is 18.2 Å². The number of nitrogens with one attached hydrogen (secondary N) is 1. The van der Waals surface area contributed by atoms with Crippen LogP contribution < -0.4 is 11.1 Å². The first kappa shape index (κ1) is 11.3. The maximum absolute atomic E-state index is 13.4. The van der Waals surface area contributed by atoms with Crippen molar-refractivity contribution in [3.8, 4) is 0 Å². The topological polar surface area (TPSA) is 38.0 Å². The molecular weight excluding hydrogens is 210 g/mol. The van der Waals surface area contributed by atoms with Gasteiger partial charge < -0.3 is 11.1 Å². The molecule has 1 fully saturated rings. The zero-order chi connectivity index (χ0) is 11.5. The zero-order valence-electron chi connectivity index (χ0n) is 9.05. The van der Waals surface area contributed by atoms with Crippen LogP contribution in [0.1, 0.15) is 25.7 Å².